The Morgan fingerprint density at radius 2 is 1.87 bits per heavy atom. The first kappa shape index (κ1) is 21.8. The molecular weight excluding hydrogens is 446 g/mol. The van der Waals surface area contributed by atoms with E-state index in [0.717, 1.165) is 27.0 Å². The van der Waals surface area contributed by atoms with Gasteiger partial charge >= 0.3 is 0 Å². The lowest BCUT2D eigenvalue weighted by atomic mass is 10.1. The van der Waals surface area contributed by atoms with Crippen LogP contribution in [0.25, 0.3) is 11.3 Å². The molecule has 0 aliphatic carbocycles. The van der Waals surface area contributed by atoms with Crippen molar-refractivity contribution in [2.75, 3.05) is 13.7 Å². The number of aryl methyl sites for hydroxylation is 1. The van der Waals surface area contributed by atoms with Gasteiger partial charge in [-0.3, -0.25) is 9.59 Å². The maximum atomic E-state index is 12.1. The molecule has 1 aromatic heterocycles. The van der Waals surface area contributed by atoms with Crippen molar-refractivity contribution in [3.8, 4) is 17.0 Å². The van der Waals surface area contributed by atoms with Crippen molar-refractivity contribution in [1.82, 2.24) is 15.1 Å². The highest BCUT2D eigenvalue weighted by atomic mass is 79.9. The van der Waals surface area contributed by atoms with Gasteiger partial charge in [0.05, 0.1) is 12.8 Å². The average Bonchev–Trinajstić information content (AvgIpc) is 2.76. The van der Waals surface area contributed by atoms with Gasteiger partial charge in [0.15, 0.2) is 0 Å². The Kier molecular flexibility index (Phi) is 7.79. The number of benzene rings is 2. The molecule has 0 aliphatic heterocycles. The monoisotopic (exact) mass is 469 g/mol. The number of carbonyl (C=O) groups excluding carboxylic acids is 1. The molecule has 0 unspecified atom stereocenters. The summed E-state index contributed by atoms with van der Waals surface area (Å²) in [7, 11) is 1.64. The highest BCUT2D eigenvalue weighted by Gasteiger charge is 2.07. The number of methoxy groups -OCH3 is 1. The molecule has 0 spiro atoms. The molecule has 30 heavy (non-hydrogen) atoms. The molecule has 0 fully saturated rings. The van der Waals surface area contributed by atoms with Gasteiger partial charge in [-0.1, -0.05) is 46.3 Å². The van der Waals surface area contributed by atoms with Crippen LogP contribution in [0.4, 0.5) is 0 Å². The quantitative estimate of drug-likeness (QED) is 0.516. The van der Waals surface area contributed by atoms with Gasteiger partial charge in [-0.05, 0) is 42.7 Å². The van der Waals surface area contributed by atoms with Crippen LogP contribution in [-0.2, 0) is 17.8 Å². The molecule has 0 bridgehead atoms. The van der Waals surface area contributed by atoms with Gasteiger partial charge in [-0.15, -0.1) is 0 Å². The number of rotatable bonds is 9. The van der Waals surface area contributed by atoms with Crippen molar-refractivity contribution in [1.29, 1.82) is 0 Å². The molecule has 3 aromatic rings. The van der Waals surface area contributed by atoms with E-state index in [9.17, 15) is 9.59 Å². The number of aromatic nitrogens is 2. The molecule has 156 valence electrons. The summed E-state index contributed by atoms with van der Waals surface area (Å²) in [5.41, 5.74) is 2.54. The zero-order chi connectivity index (χ0) is 21.3. The second kappa shape index (κ2) is 10.7. The van der Waals surface area contributed by atoms with E-state index in [-0.39, 0.29) is 11.5 Å². The molecule has 0 radical (unpaired) electrons. The van der Waals surface area contributed by atoms with E-state index >= 15 is 0 Å². The van der Waals surface area contributed by atoms with Crippen LogP contribution >= 0.6 is 15.9 Å². The molecular formula is C23H24BrN3O3. The standard InChI is InChI=1S/C23H24BrN3O3/c1-30-21-6-3-2-5-18(21)14-15-25-22(28)7-4-16-27-23(29)13-12-20(26-27)17-8-10-19(24)11-9-17/h2-3,5-6,8-13H,4,7,14-16H2,1H3,(H,25,28). The third-order valence-corrected chi connectivity index (χ3v) is 5.22. The average molecular weight is 470 g/mol. The number of hydrogen-bond donors (Lipinski definition) is 1. The molecule has 3 rings (SSSR count). The summed E-state index contributed by atoms with van der Waals surface area (Å²) in [6.45, 7) is 0.930. The fraction of sp³-hybridized carbons (Fsp3) is 0.261. The minimum atomic E-state index is -0.174. The zero-order valence-electron chi connectivity index (χ0n) is 16.8. The van der Waals surface area contributed by atoms with E-state index in [2.05, 4.69) is 26.3 Å². The number of nitrogens with one attached hydrogen (secondary N) is 1. The first-order chi connectivity index (χ1) is 14.6. The summed E-state index contributed by atoms with van der Waals surface area (Å²) in [5.74, 6) is 0.782. The van der Waals surface area contributed by atoms with Crippen LogP contribution < -0.4 is 15.6 Å². The molecule has 0 atom stereocenters. The zero-order valence-corrected chi connectivity index (χ0v) is 18.4. The fourth-order valence-electron chi connectivity index (χ4n) is 3.11. The van der Waals surface area contributed by atoms with E-state index in [0.29, 0.717) is 32.4 Å². The molecule has 6 nitrogen and oxygen atoms in total. The Bertz CT molecular complexity index is 1050. The van der Waals surface area contributed by atoms with Crippen molar-refractivity contribution in [3.05, 3.63) is 81.1 Å². The lowest BCUT2D eigenvalue weighted by molar-refractivity contribution is -0.121. The van der Waals surface area contributed by atoms with Crippen molar-refractivity contribution in [3.63, 3.8) is 0 Å². The topological polar surface area (TPSA) is 73.2 Å². The van der Waals surface area contributed by atoms with Crippen LogP contribution in [0.1, 0.15) is 18.4 Å². The van der Waals surface area contributed by atoms with Crippen molar-refractivity contribution in [2.45, 2.75) is 25.8 Å². The van der Waals surface area contributed by atoms with Gasteiger partial charge in [-0.2, -0.15) is 5.10 Å². The Balaban J connectivity index is 1.48. The van der Waals surface area contributed by atoms with E-state index < -0.39 is 0 Å². The Morgan fingerprint density at radius 1 is 1.10 bits per heavy atom. The highest BCUT2D eigenvalue weighted by Crippen LogP contribution is 2.19. The maximum absolute atomic E-state index is 12.1. The summed E-state index contributed by atoms with van der Waals surface area (Å²) in [5, 5.41) is 7.35. The second-order valence-corrected chi connectivity index (χ2v) is 7.72. The largest absolute Gasteiger partial charge is 0.496 e. The van der Waals surface area contributed by atoms with Gasteiger partial charge in [-0.25, -0.2) is 4.68 Å². The minimum Gasteiger partial charge on any atom is -0.496 e. The molecule has 0 saturated carbocycles. The lowest BCUT2D eigenvalue weighted by Crippen LogP contribution is -2.27. The Hall–Kier alpha value is -2.93. The molecule has 0 aliphatic rings. The van der Waals surface area contributed by atoms with Gasteiger partial charge in [0.2, 0.25) is 5.91 Å². The molecule has 7 heteroatoms. The summed E-state index contributed by atoms with van der Waals surface area (Å²) >= 11 is 3.41. The van der Waals surface area contributed by atoms with E-state index in [1.807, 2.05) is 48.5 Å². The van der Waals surface area contributed by atoms with Gasteiger partial charge < -0.3 is 10.1 Å². The third-order valence-electron chi connectivity index (χ3n) is 4.69. The number of ether oxygens (including phenoxy) is 1. The normalized spacial score (nSPS) is 10.6. The number of amides is 1. The molecule has 1 amide bonds. The summed E-state index contributed by atoms with van der Waals surface area (Å²) in [6.07, 6.45) is 1.58. The summed E-state index contributed by atoms with van der Waals surface area (Å²) < 4.78 is 7.72. The van der Waals surface area contributed by atoms with Crippen molar-refractivity contribution in [2.24, 2.45) is 0 Å². The number of halogens is 1. The summed E-state index contributed by atoms with van der Waals surface area (Å²) in [6, 6.07) is 18.7. The van der Waals surface area contributed by atoms with Crippen LogP contribution in [0.3, 0.4) is 0 Å². The van der Waals surface area contributed by atoms with Crippen LogP contribution in [0.5, 0.6) is 5.75 Å². The third kappa shape index (κ3) is 6.03. The Morgan fingerprint density at radius 3 is 2.63 bits per heavy atom. The highest BCUT2D eigenvalue weighted by molar-refractivity contribution is 9.10. The summed E-state index contributed by atoms with van der Waals surface area (Å²) in [4.78, 5) is 24.2. The smallest absolute Gasteiger partial charge is 0.266 e. The predicted molar refractivity (Wildman–Crippen MR) is 121 cm³/mol. The van der Waals surface area contributed by atoms with Gasteiger partial charge in [0, 0.05) is 35.6 Å². The number of para-hydroxylation sites is 1. The van der Waals surface area contributed by atoms with Crippen molar-refractivity contribution >= 4 is 21.8 Å². The molecule has 1 N–H and O–H groups in total. The SMILES string of the molecule is COc1ccccc1CCNC(=O)CCCn1nc(-c2ccc(Br)cc2)ccc1=O. The maximum Gasteiger partial charge on any atom is 0.266 e. The van der Waals surface area contributed by atoms with Crippen LogP contribution in [0.15, 0.2) is 69.9 Å². The Labute approximate surface area is 184 Å². The van der Waals surface area contributed by atoms with Crippen molar-refractivity contribution < 1.29 is 9.53 Å². The molecule has 2 aromatic carbocycles. The van der Waals surface area contributed by atoms with E-state index in [4.69, 9.17) is 4.74 Å². The fourth-order valence-corrected chi connectivity index (χ4v) is 3.37. The van der Waals surface area contributed by atoms with E-state index in [1.165, 1.54) is 10.7 Å². The van der Waals surface area contributed by atoms with Crippen LogP contribution in [0, 0.1) is 0 Å². The van der Waals surface area contributed by atoms with Crippen LogP contribution in [0.2, 0.25) is 0 Å². The minimum absolute atomic E-state index is 0.0398. The first-order valence-corrected chi connectivity index (χ1v) is 10.6. The van der Waals surface area contributed by atoms with Gasteiger partial charge in [0.1, 0.15) is 5.75 Å². The number of carbonyl (C=O) groups is 1. The molecule has 0 saturated heterocycles. The first-order valence-electron chi connectivity index (χ1n) is 9.79. The predicted octanol–water partition coefficient (Wildman–Crippen LogP) is 3.82. The number of hydrogen-bond acceptors (Lipinski definition) is 4. The lowest BCUT2D eigenvalue weighted by Gasteiger charge is -2.10. The molecule has 1 heterocycles. The number of nitrogens with zero attached hydrogens (tertiary/aromatic N) is 2. The van der Waals surface area contributed by atoms with E-state index in [1.54, 1.807) is 13.2 Å². The van der Waals surface area contributed by atoms with Gasteiger partial charge in [0.25, 0.3) is 5.56 Å². The second-order valence-electron chi connectivity index (χ2n) is 6.80. The van der Waals surface area contributed by atoms with Crippen LogP contribution in [-0.4, -0.2) is 29.3 Å².